The summed E-state index contributed by atoms with van der Waals surface area (Å²) in [6, 6.07) is 11.5. The van der Waals surface area contributed by atoms with E-state index in [1.54, 1.807) is 19.1 Å². The summed E-state index contributed by atoms with van der Waals surface area (Å²) >= 11 is 6.44. The Morgan fingerprint density at radius 2 is 1.96 bits per heavy atom. The van der Waals surface area contributed by atoms with Gasteiger partial charge < -0.3 is 14.4 Å². The first-order valence-electron chi connectivity index (χ1n) is 17.5. The van der Waals surface area contributed by atoms with Crippen LogP contribution in [0.25, 0.3) is 0 Å². The topological polar surface area (TPSA) is 88.2 Å². The van der Waals surface area contributed by atoms with E-state index in [-0.39, 0.29) is 28.9 Å². The number of hydrogen-bond acceptors (Lipinski definition) is 7. The fourth-order valence-corrected chi connectivity index (χ4v) is 9.81. The molecule has 1 saturated carbocycles. The summed E-state index contributed by atoms with van der Waals surface area (Å²) < 4.78 is 55.7. The Labute approximate surface area is 289 Å². The Bertz CT molecular complexity index is 1670. The summed E-state index contributed by atoms with van der Waals surface area (Å²) in [4.78, 5) is 17.9. The van der Waals surface area contributed by atoms with E-state index in [0.29, 0.717) is 57.5 Å². The molecule has 11 heteroatoms. The first-order valence-corrected chi connectivity index (χ1v) is 19.5. The first-order chi connectivity index (χ1) is 23.0. The van der Waals surface area contributed by atoms with Gasteiger partial charge >= 0.3 is 0 Å². The van der Waals surface area contributed by atoms with Crippen molar-refractivity contribution in [2.75, 3.05) is 50.8 Å². The Morgan fingerprint density at radius 1 is 1.12 bits per heavy atom. The highest BCUT2D eigenvalue weighted by Gasteiger charge is 2.45. The molecule has 0 aromatic heterocycles. The first kappa shape index (κ1) is 33.8. The summed E-state index contributed by atoms with van der Waals surface area (Å²) in [7, 11) is -3.94. The third-order valence-electron chi connectivity index (χ3n) is 11.6. The van der Waals surface area contributed by atoms with Gasteiger partial charge in [0, 0.05) is 48.7 Å². The third-order valence-corrected chi connectivity index (χ3v) is 13.8. The van der Waals surface area contributed by atoms with E-state index < -0.39 is 27.4 Å². The van der Waals surface area contributed by atoms with Crippen LogP contribution in [0.5, 0.6) is 5.75 Å². The Balaban J connectivity index is 1.24. The molecule has 2 bridgehead atoms. The van der Waals surface area contributed by atoms with Gasteiger partial charge in [0.25, 0.3) is 5.91 Å². The van der Waals surface area contributed by atoms with Gasteiger partial charge in [0.05, 0.1) is 30.3 Å². The number of ether oxygens (including phenoxy) is 2. The number of rotatable bonds is 4. The number of allylic oxidation sites excluding steroid dienone is 1. The van der Waals surface area contributed by atoms with Gasteiger partial charge in [-0.3, -0.25) is 9.69 Å². The highest BCUT2D eigenvalue weighted by Crippen LogP contribution is 2.47. The van der Waals surface area contributed by atoms with Crippen molar-refractivity contribution < 1.29 is 27.1 Å². The zero-order valence-corrected chi connectivity index (χ0v) is 29.4. The molecule has 5 aliphatic rings. The molecule has 0 unspecified atom stereocenters. The quantitative estimate of drug-likeness (QED) is 0.397. The number of carbonyl (C=O) groups is 1. The molecule has 1 N–H and O–H groups in total. The summed E-state index contributed by atoms with van der Waals surface area (Å²) in [6.07, 6.45) is 8.88. The largest absolute Gasteiger partial charge is 0.490 e. The van der Waals surface area contributed by atoms with Crippen LogP contribution in [-0.2, 0) is 26.6 Å². The normalized spacial score (nSPS) is 32.9. The van der Waals surface area contributed by atoms with E-state index in [0.717, 1.165) is 49.4 Å². The number of likely N-dealkylation sites (tertiary alicyclic amines) is 1. The van der Waals surface area contributed by atoms with E-state index >= 15 is 0 Å². The molecule has 3 heterocycles. The number of nitrogens with zero attached hydrogens (tertiary/aromatic N) is 2. The maximum atomic E-state index is 13.5. The maximum absolute atomic E-state index is 13.5. The molecule has 6 atom stereocenters. The number of amides is 1. The van der Waals surface area contributed by atoms with Crippen molar-refractivity contribution in [2.24, 2.45) is 17.8 Å². The maximum Gasteiger partial charge on any atom is 0.264 e. The molecule has 260 valence electrons. The van der Waals surface area contributed by atoms with Crippen LogP contribution < -0.4 is 14.4 Å². The lowest BCUT2D eigenvalue weighted by molar-refractivity contribution is -0.0339. The smallest absolute Gasteiger partial charge is 0.264 e. The Hall–Kier alpha value is -2.66. The number of anilines is 1. The summed E-state index contributed by atoms with van der Waals surface area (Å²) in [5.41, 5.74) is 3.35. The number of sulfonamides is 1. The van der Waals surface area contributed by atoms with Gasteiger partial charge in [-0.1, -0.05) is 36.7 Å². The third kappa shape index (κ3) is 6.74. The number of benzene rings is 2. The number of alkyl halides is 1. The van der Waals surface area contributed by atoms with Gasteiger partial charge in [0.15, 0.2) is 0 Å². The highest BCUT2D eigenvalue weighted by molar-refractivity contribution is 7.90. The molecule has 1 saturated heterocycles. The van der Waals surface area contributed by atoms with Crippen LogP contribution in [0, 0.1) is 17.8 Å². The molecule has 1 amide bonds. The second kappa shape index (κ2) is 13.6. The van der Waals surface area contributed by atoms with E-state index in [9.17, 15) is 17.6 Å². The van der Waals surface area contributed by atoms with Crippen molar-refractivity contribution in [2.45, 2.75) is 75.3 Å². The molecule has 2 aromatic rings. The van der Waals surface area contributed by atoms with Crippen LogP contribution in [-0.4, -0.2) is 82.7 Å². The molecule has 8 nitrogen and oxygen atoms in total. The van der Waals surface area contributed by atoms with Crippen LogP contribution in [0.3, 0.4) is 0 Å². The van der Waals surface area contributed by atoms with Crippen LogP contribution >= 0.6 is 11.6 Å². The second-order valence-corrected chi connectivity index (χ2v) is 17.3. The number of nitrogens with one attached hydrogen (secondary N) is 1. The summed E-state index contributed by atoms with van der Waals surface area (Å²) in [6.45, 7) is 7.65. The van der Waals surface area contributed by atoms with E-state index in [2.05, 4.69) is 32.7 Å². The molecule has 2 fully saturated rings. The van der Waals surface area contributed by atoms with Crippen LogP contribution in [0.4, 0.5) is 10.1 Å². The lowest BCUT2D eigenvalue weighted by Crippen LogP contribution is -2.51. The number of carbonyl (C=O) groups excluding carboxylic acids is 1. The van der Waals surface area contributed by atoms with Crippen molar-refractivity contribution in [3.05, 3.63) is 70.3 Å². The lowest BCUT2D eigenvalue weighted by Gasteiger charge is -2.46. The Morgan fingerprint density at radius 3 is 2.73 bits per heavy atom. The van der Waals surface area contributed by atoms with Crippen molar-refractivity contribution in [1.29, 1.82) is 0 Å². The lowest BCUT2D eigenvalue weighted by atomic mass is 9.68. The number of halogens is 2. The van der Waals surface area contributed by atoms with Gasteiger partial charge in [-0.25, -0.2) is 17.5 Å². The van der Waals surface area contributed by atoms with Crippen molar-refractivity contribution >= 4 is 33.2 Å². The van der Waals surface area contributed by atoms with Crippen molar-refractivity contribution in [1.82, 2.24) is 9.62 Å². The van der Waals surface area contributed by atoms with Crippen LogP contribution in [0.2, 0.25) is 5.02 Å². The van der Waals surface area contributed by atoms with Gasteiger partial charge in [0.1, 0.15) is 11.9 Å². The zero-order valence-electron chi connectivity index (χ0n) is 27.9. The van der Waals surface area contributed by atoms with Gasteiger partial charge in [-0.05, 0) is 105 Å². The number of aryl methyl sites for hydroxylation is 1. The molecule has 2 aliphatic carbocycles. The number of fused-ring (bicyclic) bond motifs is 4. The summed E-state index contributed by atoms with van der Waals surface area (Å²) in [5, 5.41) is -0.0479. The van der Waals surface area contributed by atoms with Crippen molar-refractivity contribution in [3.8, 4) is 5.75 Å². The van der Waals surface area contributed by atoms with Crippen LogP contribution in [0.1, 0.15) is 67.4 Å². The zero-order chi connectivity index (χ0) is 33.6. The summed E-state index contributed by atoms with van der Waals surface area (Å²) in [5.74, 6) is 0.466. The fourth-order valence-electron chi connectivity index (χ4n) is 8.33. The van der Waals surface area contributed by atoms with E-state index in [1.807, 2.05) is 25.1 Å². The fraction of sp³-hybridized carbons (Fsp3) is 0.595. The van der Waals surface area contributed by atoms with Gasteiger partial charge in [0.2, 0.25) is 10.0 Å². The van der Waals surface area contributed by atoms with Gasteiger partial charge in [-0.2, -0.15) is 0 Å². The van der Waals surface area contributed by atoms with E-state index in [1.165, 1.54) is 11.1 Å². The minimum Gasteiger partial charge on any atom is -0.490 e. The molecular formula is C37H47ClFN3O5S. The number of hydrogen-bond donors (Lipinski definition) is 1. The standard InChI is InChI=1S/C37H47ClFN3O5S/c1-24-5-3-7-34(46-16-15-41-20-30(39)21-41)31-11-8-28(31)19-42-22-37(14-4-6-26-17-29(38)10-12-32(26)37)23-47-35-13-9-27(18-33(35)42)36(43)40-48(44,45)25(24)2/h3,7,9-10,12-13,17-18,24-25,28,30-31,34H,4-6,8,11,14-16,19-23H2,1-2H3,(H,40,43)/b7-3+/t24-,25+,28-,31+,34-,37-/m0/s1. The molecule has 2 aromatic carbocycles. The minimum atomic E-state index is -3.94. The van der Waals surface area contributed by atoms with Gasteiger partial charge in [-0.15, -0.1) is 0 Å². The molecule has 7 rings (SSSR count). The monoisotopic (exact) mass is 699 g/mol. The predicted molar refractivity (Wildman–Crippen MR) is 186 cm³/mol. The van der Waals surface area contributed by atoms with E-state index in [4.69, 9.17) is 21.1 Å². The minimum absolute atomic E-state index is 0.126. The molecule has 0 radical (unpaired) electrons. The molecule has 1 spiro atoms. The SMILES string of the molecule is C[C@@H]1[C@@H](C)C/C=C/[C@H](OCCN2CC(F)C2)[C@@H]2CC[C@H]2CN2C[C@@]3(CCCc4cc(Cl)ccc43)COc3ccc(cc32)C(=O)NS1(=O)=O. The average molecular weight is 700 g/mol. The average Bonchev–Trinajstić information content (AvgIpc) is 3.17. The molecule has 3 aliphatic heterocycles. The predicted octanol–water partition coefficient (Wildman–Crippen LogP) is 5.92. The van der Waals surface area contributed by atoms with Crippen molar-refractivity contribution in [3.63, 3.8) is 0 Å². The molecular weight excluding hydrogens is 653 g/mol. The highest BCUT2D eigenvalue weighted by atomic mass is 35.5. The van der Waals surface area contributed by atoms with Crippen LogP contribution in [0.15, 0.2) is 48.6 Å². The molecule has 48 heavy (non-hydrogen) atoms. The Kier molecular flexibility index (Phi) is 9.56. The second-order valence-electron chi connectivity index (χ2n) is 14.8.